The first kappa shape index (κ1) is 18.4. The lowest BCUT2D eigenvalue weighted by atomic mass is 10.2. The Labute approximate surface area is 133 Å². The van der Waals surface area contributed by atoms with Crippen molar-refractivity contribution in [2.75, 3.05) is 6.54 Å². The third kappa shape index (κ3) is 5.94. The summed E-state index contributed by atoms with van der Waals surface area (Å²) in [5.74, 6) is 0. The first-order chi connectivity index (χ1) is 9.90. The van der Waals surface area contributed by atoms with E-state index in [-0.39, 0.29) is 16.0 Å². The molecule has 0 fully saturated rings. The summed E-state index contributed by atoms with van der Waals surface area (Å²) < 4.78 is 27.6. The molecule has 0 saturated heterocycles. The molecule has 120 valence electrons. The summed E-state index contributed by atoms with van der Waals surface area (Å²) >= 11 is 6.06. The first-order valence-electron chi connectivity index (χ1n) is 7.42. The highest BCUT2D eigenvalue weighted by molar-refractivity contribution is 7.89. The summed E-state index contributed by atoms with van der Waals surface area (Å²) in [6.45, 7) is 7.43. The van der Waals surface area contributed by atoms with E-state index in [0.717, 1.165) is 31.4 Å². The van der Waals surface area contributed by atoms with E-state index in [2.05, 4.69) is 17.0 Å². The van der Waals surface area contributed by atoms with Gasteiger partial charge in [0.15, 0.2) is 0 Å². The molecule has 2 N–H and O–H groups in total. The fourth-order valence-electron chi connectivity index (χ4n) is 2.03. The van der Waals surface area contributed by atoms with Gasteiger partial charge in [-0.05, 0) is 37.6 Å². The summed E-state index contributed by atoms with van der Waals surface area (Å²) in [5, 5.41) is 3.43. The van der Waals surface area contributed by atoms with Crippen molar-refractivity contribution in [1.29, 1.82) is 0 Å². The lowest BCUT2D eigenvalue weighted by Crippen LogP contribution is -2.32. The van der Waals surface area contributed by atoms with Crippen LogP contribution in [0.3, 0.4) is 0 Å². The molecule has 1 aromatic carbocycles. The molecule has 0 heterocycles. The SMILES string of the molecule is CCCCC(C)NS(=O)(=O)c1cc(CNCC)ccc1Cl. The highest BCUT2D eigenvalue weighted by atomic mass is 35.5. The zero-order chi connectivity index (χ0) is 15.9. The minimum absolute atomic E-state index is 0.0940. The van der Waals surface area contributed by atoms with E-state index in [1.807, 2.05) is 19.9 Å². The van der Waals surface area contributed by atoms with Crippen LogP contribution in [0.1, 0.15) is 45.6 Å². The van der Waals surface area contributed by atoms with Gasteiger partial charge in [0.2, 0.25) is 10.0 Å². The van der Waals surface area contributed by atoms with E-state index < -0.39 is 10.0 Å². The summed E-state index contributed by atoms with van der Waals surface area (Å²) in [6, 6.07) is 5.02. The smallest absolute Gasteiger partial charge is 0.242 e. The largest absolute Gasteiger partial charge is 0.313 e. The van der Waals surface area contributed by atoms with Crippen LogP contribution in [0.15, 0.2) is 23.1 Å². The van der Waals surface area contributed by atoms with Crippen molar-refractivity contribution in [2.45, 2.75) is 57.5 Å². The maximum Gasteiger partial charge on any atom is 0.242 e. The van der Waals surface area contributed by atoms with Crippen molar-refractivity contribution in [3.63, 3.8) is 0 Å². The Bertz CT molecular complexity index is 547. The van der Waals surface area contributed by atoms with E-state index in [0.29, 0.717) is 6.54 Å². The molecule has 0 spiro atoms. The molecular formula is C15H25ClN2O2S. The van der Waals surface area contributed by atoms with Gasteiger partial charge in [-0.25, -0.2) is 13.1 Å². The molecule has 0 aliphatic carbocycles. The van der Waals surface area contributed by atoms with Crippen molar-refractivity contribution in [3.8, 4) is 0 Å². The summed E-state index contributed by atoms with van der Waals surface area (Å²) in [5.41, 5.74) is 0.905. The lowest BCUT2D eigenvalue weighted by molar-refractivity contribution is 0.534. The normalized spacial score (nSPS) is 13.3. The van der Waals surface area contributed by atoms with E-state index >= 15 is 0 Å². The third-order valence-electron chi connectivity index (χ3n) is 3.21. The van der Waals surface area contributed by atoms with E-state index in [1.165, 1.54) is 0 Å². The standard InChI is InChI=1S/C15H25ClN2O2S/c1-4-6-7-12(3)18-21(19,20)15-10-13(11-17-5-2)8-9-14(15)16/h8-10,12,17-18H,4-7,11H2,1-3H3. The third-order valence-corrected chi connectivity index (χ3v) is 5.28. The van der Waals surface area contributed by atoms with Gasteiger partial charge >= 0.3 is 0 Å². The zero-order valence-electron chi connectivity index (χ0n) is 12.9. The van der Waals surface area contributed by atoms with Gasteiger partial charge in [-0.15, -0.1) is 0 Å². The van der Waals surface area contributed by atoms with Gasteiger partial charge in [0.05, 0.1) is 5.02 Å². The van der Waals surface area contributed by atoms with Gasteiger partial charge < -0.3 is 5.32 Å². The average molecular weight is 333 g/mol. The number of hydrogen-bond donors (Lipinski definition) is 2. The lowest BCUT2D eigenvalue weighted by Gasteiger charge is -2.15. The number of unbranched alkanes of at least 4 members (excludes halogenated alkanes) is 1. The number of sulfonamides is 1. The van der Waals surface area contributed by atoms with Gasteiger partial charge in [-0.3, -0.25) is 0 Å². The van der Waals surface area contributed by atoms with Gasteiger partial charge in [0.1, 0.15) is 4.90 Å². The second-order valence-electron chi connectivity index (χ2n) is 5.21. The summed E-state index contributed by atoms with van der Waals surface area (Å²) in [7, 11) is -3.58. The number of benzene rings is 1. The molecule has 0 aliphatic rings. The molecular weight excluding hydrogens is 308 g/mol. The van der Waals surface area contributed by atoms with Crippen molar-refractivity contribution in [3.05, 3.63) is 28.8 Å². The maximum absolute atomic E-state index is 12.4. The predicted octanol–water partition coefficient (Wildman–Crippen LogP) is 3.31. The van der Waals surface area contributed by atoms with Gasteiger partial charge in [0.25, 0.3) is 0 Å². The Balaban J connectivity index is 2.90. The Morgan fingerprint density at radius 3 is 2.62 bits per heavy atom. The fraction of sp³-hybridized carbons (Fsp3) is 0.600. The topological polar surface area (TPSA) is 58.2 Å². The first-order valence-corrected chi connectivity index (χ1v) is 9.28. The van der Waals surface area contributed by atoms with Crippen molar-refractivity contribution < 1.29 is 8.42 Å². The Morgan fingerprint density at radius 2 is 2.00 bits per heavy atom. The predicted molar refractivity (Wildman–Crippen MR) is 88.1 cm³/mol. The van der Waals surface area contributed by atoms with Crippen LogP contribution in [-0.4, -0.2) is 21.0 Å². The molecule has 4 nitrogen and oxygen atoms in total. The molecule has 1 aromatic rings. The molecule has 0 saturated carbocycles. The fourth-order valence-corrected chi connectivity index (χ4v) is 3.86. The van der Waals surface area contributed by atoms with Crippen molar-refractivity contribution >= 4 is 21.6 Å². The number of halogens is 1. The van der Waals surface area contributed by atoms with Crippen LogP contribution < -0.4 is 10.0 Å². The number of rotatable bonds is 9. The quantitative estimate of drug-likeness (QED) is 0.729. The van der Waals surface area contributed by atoms with Crippen LogP contribution in [0.5, 0.6) is 0 Å². The Hall–Kier alpha value is -0.620. The minimum Gasteiger partial charge on any atom is -0.313 e. The maximum atomic E-state index is 12.4. The Morgan fingerprint density at radius 1 is 1.29 bits per heavy atom. The molecule has 1 unspecified atom stereocenters. The summed E-state index contributed by atoms with van der Waals surface area (Å²) in [6.07, 6.45) is 2.87. The molecule has 1 rings (SSSR count). The molecule has 0 amide bonds. The highest BCUT2D eigenvalue weighted by Crippen LogP contribution is 2.23. The van der Waals surface area contributed by atoms with Gasteiger partial charge in [-0.1, -0.05) is 44.4 Å². The van der Waals surface area contributed by atoms with Crippen molar-refractivity contribution in [2.24, 2.45) is 0 Å². The molecule has 0 aliphatic heterocycles. The number of nitrogens with one attached hydrogen (secondary N) is 2. The average Bonchev–Trinajstić information content (AvgIpc) is 2.43. The summed E-state index contributed by atoms with van der Waals surface area (Å²) in [4.78, 5) is 0.155. The minimum atomic E-state index is -3.58. The molecule has 6 heteroatoms. The van der Waals surface area contributed by atoms with Crippen LogP contribution in [0.2, 0.25) is 5.02 Å². The van der Waals surface area contributed by atoms with E-state index in [9.17, 15) is 8.42 Å². The van der Waals surface area contributed by atoms with Crippen LogP contribution in [-0.2, 0) is 16.6 Å². The molecule has 0 bridgehead atoms. The molecule has 1 atom stereocenters. The number of hydrogen-bond acceptors (Lipinski definition) is 3. The monoisotopic (exact) mass is 332 g/mol. The molecule has 0 radical (unpaired) electrons. The highest BCUT2D eigenvalue weighted by Gasteiger charge is 2.20. The second kappa shape index (κ2) is 8.73. The van der Waals surface area contributed by atoms with Gasteiger partial charge in [0, 0.05) is 12.6 Å². The van der Waals surface area contributed by atoms with E-state index in [1.54, 1.807) is 12.1 Å². The zero-order valence-corrected chi connectivity index (χ0v) is 14.5. The van der Waals surface area contributed by atoms with Crippen LogP contribution >= 0.6 is 11.6 Å². The molecule has 0 aromatic heterocycles. The van der Waals surface area contributed by atoms with Crippen LogP contribution in [0.4, 0.5) is 0 Å². The molecule has 21 heavy (non-hydrogen) atoms. The van der Waals surface area contributed by atoms with Crippen LogP contribution in [0, 0.1) is 0 Å². The Kier molecular flexibility index (Phi) is 7.66. The van der Waals surface area contributed by atoms with Crippen molar-refractivity contribution in [1.82, 2.24) is 10.0 Å². The second-order valence-corrected chi connectivity index (χ2v) is 7.30. The van der Waals surface area contributed by atoms with Crippen LogP contribution in [0.25, 0.3) is 0 Å². The van der Waals surface area contributed by atoms with E-state index in [4.69, 9.17) is 11.6 Å². The van der Waals surface area contributed by atoms with Gasteiger partial charge in [-0.2, -0.15) is 0 Å².